The van der Waals surface area contributed by atoms with Gasteiger partial charge in [0.25, 0.3) is 5.91 Å². The number of hydrogen-bond donors (Lipinski definition) is 0. The molecule has 4 heterocycles. The molecule has 0 bridgehead atoms. The van der Waals surface area contributed by atoms with Gasteiger partial charge in [-0.15, -0.1) is 0 Å². The van der Waals surface area contributed by atoms with Crippen LogP contribution in [-0.4, -0.2) is 39.9 Å². The summed E-state index contributed by atoms with van der Waals surface area (Å²) in [6, 6.07) is 5.92. The second-order valence-electron chi connectivity index (χ2n) is 6.50. The summed E-state index contributed by atoms with van der Waals surface area (Å²) < 4.78 is 7.71. The number of carbonyl (C=O) groups excluding carboxylic acids is 1. The average molecular weight is 326 g/mol. The zero-order valence-corrected chi connectivity index (χ0v) is 13.7. The van der Waals surface area contributed by atoms with Crippen molar-refractivity contribution in [2.24, 2.45) is 5.92 Å². The molecular formula is C18H22N4O2. The monoisotopic (exact) mass is 326 g/mol. The molecule has 2 aliphatic rings. The van der Waals surface area contributed by atoms with Crippen molar-refractivity contribution in [3.63, 3.8) is 0 Å². The number of nitrogens with zero attached hydrogens (tertiary/aromatic N) is 4. The van der Waals surface area contributed by atoms with Gasteiger partial charge < -0.3 is 4.74 Å². The van der Waals surface area contributed by atoms with Crippen molar-refractivity contribution in [2.75, 3.05) is 18.1 Å². The van der Waals surface area contributed by atoms with E-state index in [0.717, 1.165) is 43.6 Å². The highest BCUT2D eigenvalue weighted by Crippen LogP contribution is 2.29. The van der Waals surface area contributed by atoms with Gasteiger partial charge in [-0.25, -0.2) is 4.98 Å². The van der Waals surface area contributed by atoms with E-state index in [1.54, 1.807) is 12.4 Å². The van der Waals surface area contributed by atoms with Crippen molar-refractivity contribution in [1.29, 1.82) is 0 Å². The van der Waals surface area contributed by atoms with Gasteiger partial charge in [0, 0.05) is 44.2 Å². The molecule has 24 heavy (non-hydrogen) atoms. The van der Waals surface area contributed by atoms with E-state index in [2.05, 4.69) is 16.1 Å². The lowest BCUT2D eigenvalue weighted by Gasteiger charge is -2.27. The highest BCUT2D eigenvalue weighted by atomic mass is 16.5. The van der Waals surface area contributed by atoms with Crippen LogP contribution in [0.5, 0.6) is 0 Å². The number of pyridine rings is 1. The zero-order valence-electron chi connectivity index (χ0n) is 13.7. The van der Waals surface area contributed by atoms with Crippen LogP contribution in [0.3, 0.4) is 0 Å². The minimum atomic E-state index is -0.401. The molecule has 0 aromatic carbocycles. The summed E-state index contributed by atoms with van der Waals surface area (Å²) in [7, 11) is 0. The second kappa shape index (κ2) is 6.73. The number of aryl methyl sites for hydroxylation is 1. The van der Waals surface area contributed by atoms with Crippen LogP contribution < -0.4 is 4.90 Å². The van der Waals surface area contributed by atoms with Gasteiger partial charge in [-0.3, -0.25) is 14.4 Å². The summed E-state index contributed by atoms with van der Waals surface area (Å²) in [5.41, 5.74) is 1.16. The molecule has 0 spiro atoms. The molecule has 2 aliphatic heterocycles. The van der Waals surface area contributed by atoms with E-state index < -0.39 is 6.10 Å². The van der Waals surface area contributed by atoms with Crippen LogP contribution in [0.4, 0.5) is 5.82 Å². The largest absolute Gasteiger partial charge is 0.368 e. The Morgan fingerprint density at radius 3 is 3.12 bits per heavy atom. The smallest absolute Gasteiger partial charge is 0.257 e. The number of aromatic nitrogens is 3. The van der Waals surface area contributed by atoms with Crippen LogP contribution in [0.25, 0.3) is 0 Å². The first kappa shape index (κ1) is 15.3. The molecule has 1 fully saturated rings. The maximum absolute atomic E-state index is 13.2. The number of fused-ring (bicyclic) bond motifs is 1. The molecule has 0 N–H and O–H groups in total. The summed E-state index contributed by atoms with van der Waals surface area (Å²) in [4.78, 5) is 19.5. The molecule has 2 aromatic heterocycles. The van der Waals surface area contributed by atoms with Gasteiger partial charge >= 0.3 is 0 Å². The fourth-order valence-electron chi connectivity index (χ4n) is 3.67. The second-order valence-corrected chi connectivity index (χ2v) is 6.50. The van der Waals surface area contributed by atoms with E-state index in [4.69, 9.17) is 4.74 Å². The molecule has 2 aromatic rings. The Hall–Kier alpha value is -2.21. The van der Waals surface area contributed by atoms with Gasteiger partial charge in [-0.05, 0) is 43.4 Å². The fourth-order valence-corrected chi connectivity index (χ4v) is 3.67. The van der Waals surface area contributed by atoms with Gasteiger partial charge in [0.2, 0.25) is 0 Å². The number of rotatable bonds is 3. The van der Waals surface area contributed by atoms with Crippen molar-refractivity contribution in [3.8, 4) is 0 Å². The Labute approximate surface area is 141 Å². The molecule has 0 aliphatic carbocycles. The van der Waals surface area contributed by atoms with Crippen molar-refractivity contribution in [1.82, 2.24) is 14.8 Å². The van der Waals surface area contributed by atoms with E-state index in [1.165, 1.54) is 0 Å². The number of amides is 1. The zero-order chi connectivity index (χ0) is 16.4. The van der Waals surface area contributed by atoms with Crippen molar-refractivity contribution in [2.45, 2.75) is 38.3 Å². The molecule has 2 atom stereocenters. The van der Waals surface area contributed by atoms with Gasteiger partial charge in [-0.2, -0.15) is 5.10 Å². The normalized spacial score (nSPS) is 23.8. The number of carbonyl (C=O) groups is 1. The summed E-state index contributed by atoms with van der Waals surface area (Å²) in [6.45, 7) is 2.06. The molecule has 1 amide bonds. The first-order chi connectivity index (χ1) is 11.8. The lowest BCUT2D eigenvalue weighted by Crippen LogP contribution is -2.43. The number of hydrogen-bond acceptors (Lipinski definition) is 4. The topological polar surface area (TPSA) is 60.3 Å². The lowest BCUT2D eigenvalue weighted by molar-refractivity contribution is -0.129. The molecule has 0 unspecified atom stereocenters. The molecule has 1 saturated heterocycles. The van der Waals surface area contributed by atoms with Crippen LogP contribution in [0.1, 0.15) is 24.8 Å². The Balaban J connectivity index is 1.56. The van der Waals surface area contributed by atoms with Crippen LogP contribution in [0.15, 0.2) is 36.8 Å². The van der Waals surface area contributed by atoms with Crippen LogP contribution in [0.2, 0.25) is 0 Å². The first-order valence-corrected chi connectivity index (χ1v) is 8.67. The maximum atomic E-state index is 13.2. The van der Waals surface area contributed by atoms with E-state index in [9.17, 15) is 4.79 Å². The quantitative estimate of drug-likeness (QED) is 0.866. The van der Waals surface area contributed by atoms with Crippen molar-refractivity contribution >= 4 is 11.7 Å². The van der Waals surface area contributed by atoms with Gasteiger partial charge in [0.15, 0.2) is 0 Å². The van der Waals surface area contributed by atoms with Crippen LogP contribution in [-0.2, 0) is 22.5 Å². The summed E-state index contributed by atoms with van der Waals surface area (Å²) in [5.74, 6) is 1.02. The summed E-state index contributed by atoms with van der Waals surface area (Å²) in [6.07, 6.45) is 9.02. The third-order valence-electron chi connectivity index (χ3n) is 4.91. The molecule has 4 rings (SSSR count). The van der Waals surface area contributed by atoms with E-state index in [1.807, 2.05) is 27.9 Å². The van der Waals surface area contributed by atoms with E-state index in [-0.39, 0.29) is 11.8 Å². The van der Waals surface area contributed by atoms with Gasteiger partial charge in [-0.1, -0.05) is 6.07 Å². The Bertz CT molecular complexity index is 701. The van der Waals surface area contributed by atoms with E-state index >= 15 is 0 Å². The Morgan fingerprint density at radius 2 is 2.25 bits per heavy atom. The van der Waals surface area contributed by atoms with Crippen LogP contribution >= 0.6 is 0 Å². The minimum absolute atomic E-state index is 0.0477. The Kier molecular flexibility index (Phi) is 4.30. The standard InChI is InChI=1S/C18H22N4O2/c23-18(16-15(7-12-24-16)13-21-10-4-9-20-21)22-11-2-1-5-14-6-3-8-19-17(14)22/h3-4,6,8-10,15-16H,1-2,5,7,11-13H2/t15-,16-/m1/s1. The van der Waals surface area contributed by atoms with Crippen LogP contribution in [0, 0.1) is 5.92 Å². The molecule has 0 radical (unpaired) electrons. The number of anilines is 1. The third-order valence-corrected chi connectivity index (χ3v) is 4.91. The van der Waals surface area contributed by atoms with Gasteiger partial charge in [0.05, 0.1) is 0 Å². The van der Waals surface area contributed by atoms with Crippen molar-refractivity contribution in [3.05, 3.63) is 42.4 Å². The number of ether oxygens (including phenoxy) is 1. The predicted octanol–water partition coefficient (Wildman–Crippen LogP) is 2.05. The fraction of sp³-hybridized carbons (Fsp3) is 0.500. The molecule has 0 saturated carbocycles. The SMILES string of the molecule is O=C([C@@H]1OCC[C@@H]1Cn1cccn1)N1CCCCc2cccnc21. The maximum Gasteiger partial charge on any atom is 0.257 e. The first-order valence-electron chi connectivity index (χ1n) is 8.67. The third kappa shape index (κ3) is 2.94. The highest BCUT2D eigenvalue weighted by molar-refractivity contribution is 5.96. The van der Waals surface area contributed by atoms with Crippen molar-refractivity contribution < 1.29 is 9.53 Å². The van der Waals surface area contributed by atoms with Gasteiger partial charge in [0.1, 0.15) is 11.9 Å². The minimum Gasteiger partial charge on any atom is -0.368 e. The lowest BCUT2D eigenvalue weighted by atomic mass is 10.00. The molecule has 6 heteroatoms. The average Bonchev–Trinajstić information content (AvgIpc) is 3.23. The highest BCUT2D eigenvalue weighted by Gasteiger charge is 2.38. The summed E-state index contributed by atoms with van der Waals surface area (Å²) >= 11 is 0. The van der Waals surface area contributed by atoms with E-state index in [0.29, 0.717) is 13.2 Å². The molecule has 126 valence electrons. The Morgan fingerprint density at radius 1 is 1.29 bits per heavy atom. The summed E-state index contributed by atoms with van der Waals surface area (Å²) in [5, 5.41) is 4.26. The molecule has 6 nitrogen and oxygen atoms in total. The molecular weight excluding hydrogens is 304 g/mol. The predicted molar refractivity (Wildman–Crippen MR) is 89.6 cm³/mol.